The van der Waals surface area contributed by atoms with Gasteiger partial charge >= 0.3 is 0 Å². The van der Waals surface area contributed by atoms with E-state index in [2.05, 4.69) is 25.7 Å². The highest BCUT2D eigenvalue weighted by Gasteiger charge is 2.67. The van der Waals surface area contributed by atoms with Crippen LogP contribution in [0.2, 0.25) is 0 Å². The average molecular weight is 254 g/mol. The first-order chi connectivity index (χ1) is 8.45. The van der Waals surface area contributed by atoms with Crippen molar-refractivity contribution in [2.75, 3.05) is 32.8 Å². The molecule has 3 aliphatic rings. The van der Waals surface area contributed by atoms with Crippen LogP contribution < -0.4 is 5.73 Å². The second kappa shape index (κ2) is 4.17. The molecule has 2 aliphatic heterocycles. The largest absolute Gasteiger partial charge is 0.377 e. The molecule has 0 amide bonds. The highest BCUT2D eigenvalue weighted by atomic mass is 16.5. The van der Waals surface area contributed by atoms with E-state index in [1.54, 1.807) is 0 Å². The van der Waals surface area contributed by atoms with Gasteiger partial charge in [-0.05, 0) is 13.3 Å². The van der Waals surface area contributed by atoms with Gasteiger partial charge < -0.3 is 15.2 Å². The van der Waals surface area contributed by atoms with E-state index in [0.717, 1.165) is 39.3 Å². The zero-order valence-corrected chi connectivity index (χ0v) is 11.8. The van der Waals surface area contributed by atoms with Crippen molar-refractivity contribution in [3.05, 3.63) is 0 Å². The number of ether oxygens (including phenoxy) is 2. The van der Waals surface area contributed by atoms with Gasteiger partial charge in [-0.2, -0.15) is 0 Å². The molecule has 0 spiro atoms. The molecular formula is C14H26N2O2. The molecule has 1 aliphatic carbocycles. The highest BCUT2D eigenvalue weighted by molar-refractivity contribution is 5.21. The number of hydrogen-bond donors (Lipinski definition) is 1. The van der Waals surface area contributed by atoms with Gasteiger partial charge in [0.2, 0.25) is 0 Å². The lowest BCUT2D eigenvalue weighted by molar-refractivity contribution is -0.168. The SMILES string of the molecule is CC1CN(CC2(N)C3CCOC3C2(C)C)CCO1. The van der Waals surface area contributed by atoms with Crippen molar-refractivity contribution in [3.63, 3.8) is 0 Å². The van der Waals surface area contributed by atoms with E-state index in [0.29, 0.717) is 18.1 Å². The lowest BCUT2D eigenvalue weighted by Crippen LogP contribution is -2.78. The topological polar surface area (TPSA) is 47.7 Å². The molecule has 0 aromatic rings. The Balaban J connectivity index is 1.71. The van der Waals surface area contributed by atoms with Crippen LogP contribution in [0.25, 0.3) is 0 Å². The Morgan fingerprint density at radius 1 is 1.28 bits per heavy atom. The van der Waals surface area contributed by atoms with Crippen molar-refractivity contribution < 1.29 is 9.47 Å². The highest BCUT2D eigenvalue weighted by Crippen LogP contribution is 2.58. The Morgan fingerprint density at radius 2 is 2.06 bits per heavy atom. The third-order valence-electron chi connectivity index (χ3n) is 5.47. The number of fused-ring (bicyclic) bond motifs is 1. The Morgan fingerprint density at radius 3 is 2.78 bits per heavy atom. The van der Waals surface area contributed by atoms with E-state index in [1.165, 1.54) is 0 Å². The quantitative estimate of drug-likeness (QED) is 0.793. The number of nitrogens with two attached hydrogens (primary N) is 1. The van der Waals surface area contributed by atoms with Gasteiger partial charge in [0.25, 0.3) is 0 Å². The predicted molar refractivity (Wildman–Crippen MR) is 70.4 cm³/mol. The third-order valence-corrected chi connectivity index (χ3v) is 5.47. The molecule has 2 heterocycles. The second-order valence-electron chi connectivity index (χ2n) is 6.87. The molecule has 3 rings (SSSR count). The first kappa shape index (κ1) is 12.9. The maximum Gasteiger partial charge on any atom is 0.0691 e. The summed E-state index contributed by atoms with van der Waals surface area (Å²) in [7, 11) is 0. The van der Waals surface area contributed by atoms with Gasteiger partial charge in [0.05, 0.1) is 18.8 Å². The first-order valence-electron chi connectivity index (χ1n) is 7.19. The molecular weight excluding hydrogens is 228 g/mol. The normalized spacial score (nSPS) is 47.7. The summed E-state index contributed by atoms with van der Waals surface area (Å²) in [5, 5.41) is 0. The molecule has 104 valence electrons. The molecule has 2 saturated heterocycles. The summed E-state index contributed by atoms with van der Waals surface area (Å²) in [6.45, 7) is 11.4. The monoisotopic (exact) mass is 254 g/mol. The fourth-order valence-corrected chi connectivity index (χ4v) is 4.20. The molecule has 0 radical (unpaired) electrons. The fraction of sp³-hybridized carbons (Fsp3) is 1.00. The summed E-state index contributed by atoms with van der Waals surface area (Å²) < 4.78 is 11.5. The molecule has 18 heavy (non-hydrogen) atoms. The smallest absolute Gasteiger partial charge is 0.0691 e. The van der Waals surface area contributed by atoms with Crippen LogP contribution in [0.5, 0.6) is 0 Å². The lowest BCUT2D eigenvalue weighted by atomic mass is 9.48. The number of hydrogen-bond acceptors (Lipinski definition) is 4. The van der Waals surface area contributed by atoms with E-state index in [1.807, 2.05) is 0 Å². The summed E-state index contributed by atoms with van der Waals surface area (Å²) in [6, 6.07) is 0. The van der Waals surface area contributed by atoms with Crippen molar-refractivity contribution in [3.8, 4) is 0 Å². The minimum Gasteiger partial charge on any atom is -0.377 e. The van der Waals surface area contributed by atoms with E-state index >= 15 is 0 Å². The maximum absolute atomic E-state index is 6.78. The molecule has 4 nitrogen and oxygen atoms in total. The van der Waals surface area contributed by atoms with E-state index < -0.39 is 0 Å². The van der Waals surface area contributed by atoms with Gasteiger partial charge in [0.1, 0.15) is 0 Å². The second-order valence-corrected chi connectivity index (χ2v) is 6.87. The number of rotatable bonds is 2. The minimum atomic E-state index is -0.0920. The Hall–Kier alpha value is -0.160. The fourth-order valence-electron chi connectivity index (χ4n) is 4.20. The zero-order chi connectivity index (χ0) is 13.0. The average Bonchev–Trinajstić information content (AvgIpc) is 2.76. The Bertz CT molecular complexity index is 334. The zero-order valence-electron chi connectivity index (χ0n) is 11.8. The molecule has 1 saturated carbocycles. The van der Waals surface area contributed by atoms with Crippen LogP contribution in [0.3, 0.4) is 0 Å². The van der Waals surface area contributed by atoms with E-state index in [4.69, 9.17) is 15.2 Å². The van der Waals surface area contributed by atoms with Crippen LogP contribution in [-0.2, 0) is 9.47 Å². The van der Waals surface area contributed by atoms with Crippen LogP contribution >= 0.6 is 0 Å². The number of morpholine rings is 1. The molecule has 0 bridgehead atoms. The van der Waals surface area contributed by atoms with Gasteiger partial charge in [0.15, 0.2) is 0 Å². The standard InChI is InChI=1S/C14H26N2O2/c1-10-8-16(5-7-17-10)9-14(15)11-4-6-18-12(11)13(14,2)3/h10-12H,4-9,15H2,1-3H3. The summed E-state index contributed by atoms with van der Waals surface area (Å²) in [4.78, 5) is 2.48. The first-order valence-corrected chi connectivity index (χ1v) is 7.19. The summed E-state index contributed by atoms with van der Waals surface area (Å²) >= 11 is 0. The molecule has 4 atom stereocenters. The van der Waals surface area contributed by atoms with Crippen molar-refractivity contribution in [1.82, 2.24) is 4.90 Å². The number of nitrogens with zero attached hydrogens (tertiary/aromatic N) is 1. The molecule has 0 aromatic carbocycles. The van der Waals surface area contributed by atoms with Crippen LogP contribution in [0, 0.1) is 11.3 Å². The third kappa shape index (κ3) is 1.66. The summed E-state index contributed by atoms with van der Waals surface area (Å²) in [6.07, 6.45) is 1.84. The van der Waals surface area contributed by atoms with Gasteiger partial charge in [-0.1, -0.05) is 13.8 Å². The summed E-state index contributed by atoms with van der Waals surface area (Å²) in [5.74, 6) is 0.547. The summed E-state index contributed by atoms with van der Waals surface area (Å²) in [5.41, 5.74) is 6.78. The van der Waals surface area contributed by atoms with Crippen LogP contribution in [0.1, 0.15) is 27.2 Å². The maximum atomic E-state index is 6.78. The minimum absolute atomic E-state index is 0.0920. The van der Waals surface area contributed by atoms with Crippen LogP contribution in [0.15, 0.2) is 0 Å². The van der Waals surface area contributed by atoms with Crippen LogP contribution in [0.4, 0.5) is 0 Å². The van der Waals surface area contributed by atoms with Gasteiger partial charge in [-0.25, -0.2) is 0 Å². The van der Waals surface area contributed by atoms with Gasteiger partial charge in [-0.3, -0.25) is 4.90 Å². The van der Waals surface area contributed by atoms with Crippen molar-refractivity contribution >= 4 is 0 Å². The van der Waals surface area contributed by atoms with Crippen molar-refractivity contribution in [2.24, 2.45) is 17.1 Å². The van der Waals surface area contributed by atoms with Crippen molar-refractivity contribution in [2.45, 2.75) is 44.9 Å². The molecule has 2 N–H and O–H groups in total. The van der Waals surface area contributed by atoms with E-state index in [9.17, 15) is 0 Å². The van der Waals surface area contributed by atoms with Gasteiger partial charge in [-0.15, -0.1) is 0 Å². The van der Waals surface area contributed by atoms with Crippen molar-refractivity contribution in [1.29, 1.82) is 0 Å². The predicted octanol–water partition coefficient (Wildman–Crippen LogP) is 0.850. The molecule has 4 heteroatoms. The van der Waals surface area contributed by atoms with E-state index in [-0.39, 0.29) is 11.0 Å². The van der Waals surface area contributed by atoms with Gasteiger partial charge in [0, 0.05) is 43.1 Å². The molecule has 4 unspecified atom stereocenters. The Kier molecular flexibility index (Phi) is 2.98. The lowest BCUT2D eigenvalue weighted by Gasteiger charge is -2.63. The molecule has 0 aromatic heterocycles. The Labute approximate surface area is 110 Å². The molecule has 3 fully saturated rings. The van der Waals surface area contributed by atoms with Crippen LogP contribution in [-0.4, -0.2) is 55.5 Å².